The van der Waals surface area contributed by atoms with Crippen molar-refractivity contribution >= 4 is 23.2 Å². The highest BCUT2D eigenvalue weighted by Gasteiger charge is 2.21. The number of hydrogen-bond donors (Lipinski definition) is 2. The SMILES string of the molecule is COc1ccc(C(=O)NN=C(C)c2cccc(NC(=O)C3CCCCC3)c2)cc1. The normalized spacial score (nSPS) is 14.9. The maximum Gasteiger partial charge on any atom is 0.271 e. The minimum Gasteiger partial charge on any atom is -0.497 e. The molecule has 3 rings (SSSR count). The molecular weight excluding hydrogens is 366 g/mol. The van der Waals surface area contributed by atoms with Gasteiger partial charge in [-0.05, 0) is 61.7 Å². The van der Waals surface area contributed by atoms with Crippen LogP contribution in [0.3, 0.4) is 0 Å². The molecule has 0 spiro atoms. The van der Waals surface area contributed by atoms with E-state index >= 15 is 0 Å². The van der Waals surface area contributed by atoms with Gasteiger partial charge >= 0.3 is 0 Å². The third kappa shape index (κ3) is 5.67. The Kier molecular flexibility index (Phi) is 7.00. The number of carbonyl (C=O) groups is 2. The molecule has 29 heavy (non-hydrogen) atoms. The van der Waals surface area contributed by atoms with Crippen LogP contribution in [0.5, 0.6) is 5.75 Å². The lowest BCUT2D eigenvalue weighted by Crippen LogP contribution is -2.24. The second-order valence-electron chi connectivity index (χ2n) is 7.27. The van der Waals surface area contributed by atoms with Gasteiger partial charge in [0, 0.05) is 17.2 Å². The maximum atomic E-state index is 12.5. The molecule has 152 valence electrons. The molecule has 0 atom stereocenters. The Bertz CT molecular complexity index is 884. The van der Waals surface area contributed by atoms with Gasteiger partial charge in [-0.15, -0.1) is 0 Å². The Hall–Kier alpha value is -3.15. The molecule has 1 aliphatic rings. The van der Waals surface area contributed by atoms with E-state index in [0.29, 0.717) is 17.0 Å². The Morgan fingerprint density at radius 3 is 2.41 bits per heavy atom. The molecule has 2 N–H and O–H groups in total. The van der Waals surface area contributed by atoms with Gasteiger partial charge in [-0.2, -0.15) is 5.10 Å². The Balaban J connectivity index is 1.62. The molecule has 0 bridgehead atoms. The van der Waals surface area contributed by atoms with Gasteiger partial charge in [0.25, 0.3) is 5.91 Å². The predicted octanol–water partition coefficient (Wildman–Crippen LogP) is 4.37. The van der Waals surface area contributed by atoms with Gasteiger partial charge in [0.05, 0.1) is 12.8 Å². The highest BCUT2D eigenvalue weighted by molar-refractivity contribution is 6.02. The number of hydrogen-bond acceptors (Lipinski definition) is 4. The van der Waals surface area contributed by atoms with Crippen LogP contribution >= 0.6 is 0 Å². The molecule has 0 radical (unpaired) electrons. The lowest BCUT2D eigenvalue weighted by atomic mass is 9.88. The van der Waals surface area contributed by atoms with Crippen LogP contribution in [0.15, 0.2) is 53.6 Å². The topological polar surface area (TPSA) is 79.8 Å². The van der Waals surface area contributed by atoms with E-state index in [2.05, 4.69) is 15.8 Å². The number of rotatable bonds is 6. The van der Waals surface area contributed by atoms with Crippen molar-refractivity contribution in [3.63, 3.8) is 0 Å². The number of hydrazone groups is 1. The van der Waals surface area contributed by atoms with Crippen LogP contribution < -0.4 is 15.5 Å². The summed E-state index contributed by atoms with van der Waals surface area (Å²) in [5.74, 6) is 0.581. The average Bonchev–Trinajstić information content (AvgIpc) is 2.78. The third-order valence-electron chi connectivity index (χ3n) is 5.20. The summed E-state index contributed by atoms with van der Waals surface area (Å²) in [6.45, 7) is 1.82. The fraction of sp³-hybridized carbons (Fsp3) is 0.348. The highest BCUT2D eigenvalue weighted by Crippen LogP contribution is 2.25. The monoisotopic (exact) mass is 393 g/mol. The first-order valence-corrected chi connectivity index (χ1v) is 9.97. The quantitative estimate of drug-likeness (QED) is 0.565. The van der Waals surface area contributed by atoms with Gasteiger partial charge in [0.15, 0.2) is 0 Å². The summed E-state index contributed by atoms with van der Waals surface area (Å²) in [6, 6.07) is 14.3. The summed E-state index contributed by atoms with van der Waals surface area (Å²) in [7, 11) is 1.58. The molecule has 0 aromatic heterocycles. The molecule has 1 aliphatic carbocycles. The fourth-order valence-corrected chi connectivity index (χ4v) is 3.44. The van der Waals surface area contributed by atoms with Gasteiger partial charge in [-0.25, -0.2) is 5.43 Å². The van der Waals surface area contributed by atoms with Crippen molar-refractivity contribution < 1.29 is 14.3 Å². The van der Waals surface area contributed by atoms with Crippen LogP contribution in [0.1, 0.15) is 54.9 Å². The minimum atomic E-state index is -0.297. The van der Waals surface area contributed by atoms with E-state index < -0.39 is 0 Å². The lowest BCUT2D eigenvalue weighted by Gasteiger charge is -2.20. The molecule has 0 aliphatic heterocycles. The van der Waals surface area contributed by atoms with E-state index in [9.17, 15) is 9.59 Å². The number of anilines is 1. The minimum absolute atomic E-state index is 0.0873. The number of nitrogens with zero attached hydrogens (tertiary/aromatic N) is 1. The molecule has 0 unspecified atom stereocenters. The molecule has 0 heterocycles. The summed E-state index contributed by atoms with van der Waals surface area (Å²) in [5.41, 5.74) is 5.30. The first-order chi connectivity index (χ1) is 14.1. The Labute approximate surface area is 171 Å². The molecule has 6 nitrogen and oxygen atoms in total. The second-order valence-corrected chi connectivity index (χ2v) is 7.27. The van der Waals surface area contributed by atoms with E-state index in [1.54, 1.807) is 31.4 Å². The van der Waals surface area contributed by atoms with Crippen molar-refractivity contribution in [2.75, 3.05) is 12.4 Å². The molecular formula is C23H27N3O3. The number of nitrogens with one attached hydrogen (secondary N) is 2. The van der Waals surface area contributed by atoms with Crippen molar-refractivity contribution in [3.8, 4) is 5.75 Å². The number of ether oxygens (including phenoxy) is 1. The summed E-state index contributed by atoms with van der Waals surface area (Å²) < 4.78 is 5.09. The van der Waals surface area contributed by atoms with Gasteiger partial charge in [0.2, 0.25) is 5.91 Å². The largest absolute Gasteiger partial charge is 0.497 e. The van der Waals surface area contributed by atoms with E-state index in [4.69, 9.17) is 4.74 Å². The molecule has 1 saturated carbocycles. The van der Waals surface area contributed by atoms with Crippen LogP contribution in [0.2, 0.25) is 0 Å². The Morgan fingerprint density at radius 1 is 1.00 bits per heavy atom. The van der Waals surface area contributed by atoms with Crippen molar-refractivity contribution in [2.45, 2.75) is 39.0 Å². The second kappa shape index (κ2) is 9.87. The van der Waals surface area contributed by atoms with Crippen LogP contribution in [0.25, 0.3) is 0 Å². The Morgan fingerprint density at radius 2 is 1.72 bits per heavy atom. The predicted molar refractivity (Wildman–Crippen MR) is 114 cm³/mol. The van der Waals surface area contributed by atoms with Crippen molar-refractivity contribution in [1.82, 2.24) is 5.43 Å². The zero-order valence-corrected chi connectivity index (χ0v) is 16.9. The standard InChI is InChI=1S/C23H27N3O3/c1-16(25-26-23(28)18-11-13-21(29-2)14-12-18)19-9-6-10-20(15-19)24-22(27)17-7-4-3-5-8-17/h6,9-15,17H,3-5,7-8H2,1-2H3,(H,24,27)(H,26,28). The summed E-state index contributed by atoms with van der Waals surface area (Å²) in [6.07, 6.45) is 5.39. The summed E-state index contributed by atoms with van der Waals surface area (Å²) in [5, 5.41) is 7.21. The number of benzene rings is 2. The summed E-state index contributed by atoms with van der Waals surface area (Å²) >= 11 is 0. The van der Waals surface area contributed by atoms with Crippen molar-refractivity contribution in [3.05, 3.63) is 59.7 Å². The van der Waals surface area contributed by atoms with Crippen molar-refractivity contribution in [1.29, 1.82) is 0 Å². The zero-order chi connectivity index (χ0) is 20.6. The summed E-state index contributed by atoms with van der Waals surface area (Å²) in [4.78, 5) is 24.7. The molecule has 2 aromatic rings. The highest BCUT2D eigenvalue weighted by atomic mass is 16.5. The maximum absolute atomic E-state index is 12.5. The van der Waals surface area contributed by atoms with Crippen LogP contribution in [-0.4, -0.2) is 24.6 Å². The van der Waals surface area contributed by atoms with E-state index in [1.165, 1.54) is 6.42 Å². The van der Waals surface area contributed by atoms with E-state index in [-0.39, 0.29) is 17.7 Å². The van der Waals surface area contributed by atoms with Gasteiger partial charge in [-0.1, -0.05) is 31.4 Å². The fourth-order valence-electron chi connectivity index (χ4n) is 3.44. The van der Waals surface area contributed by atoms with Crippen molar-refractivity contribution in [2.24, 2.45) is 11.0 Å². The average molecular weight is 393 g/mol. The van der Waals surface area contributed by atoms with E-state index in [1.807, 2.05) is 31.2 Å². The van der Waals surface area contributed by atoms with Gasteiger partial charge in [0.1, 0.15) is 5.75 Å². The van der Waals surface area contributed by atoms with Crippen LogP contribution in [0.4, 0.5) is 5.69 Å². The molecule has 1 fully saturated rings. The number of carbonyl (C=O) groups excluding carboxylic acids is 2. The van der Waals surface area contributed by atoms with Gasteiger partial charge < -0.3 is 10.1 Å². The lowest BCUT2D eigenvalue weighted by molar-refractivity contribution is -0.120. The molecule has 0 saturated heterocycles. The van der Waals surface area contributed by atoms with Gasteiger partial charge in [-0.3, -0.25) is 9.59 Å². The van der Waals surface area contributed by atoms with E-state index in [0.717, 1.165) is 36.9 Å². The molecule has 2 aromatic carbocycles. The number of amides is 2. The first-order valence-electron chi connectivity index (χ1n) is 9.97. The smallest absolute Gasteiger partial charge is 0.271 e. The zero-order valence-electron chi connectivity index (χ0n) is 16.9. The van der Waals surface area contributed by atoms with Crippen LogP contribution in [-0.2, 0) is 4.79 Å². The molecule has 2 amide bonds. The third-order valence-corrected chi connectivity index (χ3v) is 5.20. The van der Waals surface area contributed by atoms with Crippen LogP contribution in [0, 0.1) is 5.92 Å². The molecule has 6 heteroatoms. The number of methoxy groups -OCH3 is 1. The first kappa shape index (κ1) is 20.6.